The number of phenols is 1. The van der Waals surface area contributed by atoms with Crippen LogP contribution in [0.5, 0.6) is 23.0 Å². The van der Waals surface area contributed by atoms with Crippen molar-refractivity contribution in [3.8, 4) is 23.0 Å². The highest BCUT2D eigenvalue weighted by Gasteiger charge is 2.34. The molecule has 34 heavy (non-hydrogen) atoms. The smallest absolute Gasteiger partial charge is 0.160 e. The Kier molecular flexibility index (Phi) is 6.63. The van der Waals surface area contributed by atoms with Gasteiger partial charge in [0, 0.05) is 23.9 Å². The highest BCUT2D eigenvalue weighted by Crippen LogP contribution is 2.48. The first-order chi connectivity index (χ1) is 16.7. The average Bonchev–Trinajstić information content (AvgIpc) is 3.40. The van der Waals surface area contributed by atoms with E-state index in [9.17, 15) is 5.11 Å². The second kappa shape index (κ2) is 9.98. The monoisotopic (exact) mass is 459 g/mol. The maximum absolute atomic E-state index is 10.3. The molecule has 0 radical (unpaired) electrons. The number of ether oxygens (including phenoxy) is 3. The Labute approximate surface area is 201 Å². The standard InChI is InChI=1S/C29H33NO4/c1-32-27-11-9-22(17-28(27)33-2)25-19-34-26-12-10-23(31)18-24(26)29(25)21-7-5-20(6-8-21)13-16-30-14-3-4-15-30/h5-12,17-18,25,29,31H,3-4,13-16,19H2,1-2H3/t25-,29?/m1/s1. The summed E-state index contributed by atoms with van der Waals surface area (Å²) in [5, 5.41) is 10.3. The summed E-state index contributed by atoms with van der Waals surface area (Å²) < 4.78 is 17.2. The molecule has 2 aliphatic rings. The van der Waals surface area contributed by atoms with Crippen LogP contribution in [-0.2, 0) is 6.42 Å². The van der Waals surface area contributed by atoms with Gasteiger partial charge in [0.2, 0.25) is 0 Å². The van der Waals surface area contributed by atoms with Crippen molar-refractivity contribution in [2.75, 3.05) is 40.5 Å². The molecule has 5 heteroatoms. The molecule has 0 aromatic heterocycles. The molecule has 0 aliphatic carbocycles. The summed E-state index contributed by atoms with van der Waals surface area (Å²) in [5.41, 5.74) is 4.71. The Morgan fingerprint density at radius 1 is 0.882 bits per heavy atom. The van der Waals surface area contributed by atoms with Gasteiger partial charge in [0.25, 0.3) is 0 Å². The van der Waals surface area contributed by atoms with Crippen molar-refractivity contribution in [2.45, 2.75) is 31.1 Å². The van der Waals surface area contributed by atoms with Crippen molar-refractivity contribution >= 4 is 0 Å². The normalized spacial score (nSPS) is 19.9. The van der Waals surface area contributed by atoms with Gasteiger partial charge in [-0.05, 0) is 79.4 Å². The number of phenolic OH excluding ortho intramolecular Hbond substituents is 1. The summed E-state index contributed by atoms with van der Waals surface area (Å²) in [5.74, 6) is 2.63. The number of likely N-dealkylation sites (tertiary alicyclic amines) is 1. The summed E-state index contributed by atoms with van der Waals surface area (Å²) in [6.45, 7) is 4.14. The van der Waals surface area contributed by atoms with Crippen molar-refractivity contribution in [2.24, 2.45) is 0 Å². The van der Waals surface area contributed by atoms with Gasteiger partial charge in [0.05, 0.1) is 20.8 Å². The highest BCUT2D eigenvalue weighted by atomic mass is 16.5. The van der Waals surface area contributed by atoms with E-state index in [4.69, 9.17) is 14.2 Å². The van der Waals surface area contributed by atoms with Crippen LogP contribution >= 0.6 is 0 Å². The molecule has 1 saturated heterocycles. The third-order valence-corrected chi connectivity index (χ3v) is 7.24. The molecule has 3 aromatic rings. The van der Waals surface area contributed by atoms with Crippen molar-refractivity contribution in [3.63, 3.8) is 0 Å². The van der Waals surface area contributed by atoms with Gasteiger partial charge in [-0.1, -0.05) is 30.3 Å². The van der Waals surface area contributed by atoms with Crippen LogP contribution < -0.4 is 14.2 Å². The average molecular weight is 460 g/mol. The predicted molar refractivity (Wildman–Crippen MR) is 134 cm³/mol. The summed E-state index contributed by atoms with van der Waals surface area (Å²) in [4.78, 5) is 2.55. The zero-order chi connectivity index (χ0) is 23.5. The first kappa shape index (κ1) is 22.6. The molecule has 0 spiro atoms. The van der Waals surface area contributed by atoms with Crippen LogP contribution in [0.3, 0.4) is 0 Å². The molecule has 0 saturated carbocycles. The Bertz CT molecular complexity index is 1120. The summed E-state index contributed by atoms with van der Waals surface area (Å²) in [6.07, 6.45) is 3.73. The summed E-state index contributed by atoms with van der Waals surface area (Å²) in [7, 11) is 3.30. The molecule has 2 aliphatic heterocycles. The molecule has 1 unspecified atom stereocenters. The van der Waals surface area contributed by atoms with Gasteiger partial charge in [-0.2, -0.15) is 0 Å². The Morgan fingerprint density at radius 3 is 2.35 bits per heavy atom. The molecular formula is C29H33NO4. The van der Waals surface area contributed by atoms with Gasteiger partial charge in [-0.15, -0.1) is 0 Å². The van der Waals surface area contributed by atoms with Crippen molar-refractivity contribution in [1.82, 2.24) is 4.90 Å². The molecular weight excluding hydrogens is 426 g/mol. The van der Waals surface area contributed by atoms with Crippen LogP contribution in [0.4, 0.5) is 0 Å². The van der Waals surface area contributed by atoms with Crippen LogP contribution in [0, 0.1) is 0 Å². The third kappa shape index (κ3) is 4.58. The third-order valence-electron chi connectivity index (χ3n) is 7.24. The number of hydrogen-bond acceptors (Lipinski definition) is 5. The Balaban J connectivity index is 1.47. The Hall–Kier alpha value is -3.18. The Morgan fingerprint density at radius 2 is 1.62 bits per heavy atom. The minimum atomic E-state index is 0.0570. The molecule has 1 N–H and O–H groups in total. The van der Waals surface area contributed by atoms with Crippen LogP contribution in [0.25, 0.3) is 0 Å². The van der Waals surface area contributed by atoms with Crippen LogP contribution in [-0.4, -0.2) is 50.5 Å². The number of rotatable bonds is 7. The maximum Gasteiger partial charge on any atom is 0.160 e. The van der Waals surface area contributed by atoms with E-state index >= 15 is 0 Å². The quantitative estimate of drug-likeness (QED) is 0.516. The number of nitrogens with zero attached hydrogens (tertiary/aromatic N) is 1. The minimum absolute atomic E-state index is 0.0570. The fraction of sp³-hybridized carbons (Fsp3) is 0.379. The van der Waals surface area contributed by atoms with Gasteiger partial charge in [-0.3, -0.25) is 0 Å². The molecule has 5 nitrogen and oxygen atoms in total. The molecule has 3 aromatic carbocycles. The molecule has 178 valence electrons. The van der Waals surface area contributed by atoms with Crippen LogP contribution in [0.2, 0.25) is 0 Å². The number of benzene rings is 3. The van der Waals surface area contributed by atoms with E-state index in [1.54, 1.807) is 20.3 Å². The van der Waals surface area contributed by atoms with Gasteiger partial charge in [0.15, 0.2) is 11.5 Å². The van der Waals surface area contributed by atoms with E-state index in [0.717, 1.165) is 29.8 Å². The highest BCUT2D eigenvalue weighted by molar-refractivity contribution is 5.52. The number of methoxy groups -OCH3 is 2. The zero-order valence-corrected chi connectivity index (χ0v) is 20.0. The van der Waals surface area contributed by atoms with E-state index in [1.165, 1.54) is 37.1 Å². The van der Waals surface area contributed by atoms with E-state index in [2.05, 4.69) is 35.2 Å². The second-order valence-electron chi connectivity index (χ2n) is 9.27. The lowest BCUT2D eigenvalue weighted by Gasteiger charge is -2.35. The lowest BCUT2D eigenvalue weighted by molar-refractivity contribution is 0.247. The van der Waals surface area contributed by atoms with E-state index < -0.39 is 0 Å². The van der Waals surface area contributed by atoms with Gasteiger partial charge in [0.1, 0.15) is 11.5 Å². The fourth-order valence-corrected chi connectivity index (χ4v) is 5.37. The number of aromatic hydroxyl groups is 1. The molecule has 0 amide bonds. The largest absolute Gasteiger partial charge is 0.508 e. The summed E-state index contributed by atoms with van der Waals surface area (Å²) in [6, 6.07) is 20.5. The van der Waals surface area contributed by atoms with E-state index in [-0.39, 0.29) is 17.6 Å². The van der Waals surface area contributed by atoms with E-state index in [1.807, 2.05) is 24.3 Å². The molecule has 1 fully saturated rings. The van der Waals surface area contributed by atoms with Crippen molar-refractivity contribution in [3.05, 3.63) is 82.9 Å². The topological polar surface area (TPSA) is 51.2 Å². The first-order valence-corrected chi connectivity index (χ1v) is 12.1. The van der Waals surface area contributed by atoms with Crippen LogP contribution in [0.15, 0.2) is 60.7 Å². The molecule has 2 atom stereocenters. The van der Waals surface area contributed by atoms with Gasteiger partial charge >= 0.3 is 0 Å². The van der Waals surface area contributed by atoms with Gasteiger partial charge in [-0.25, -0.2) is 0 Å². The SMILES string of the molecule is COc1ccc([C@H]2COc3ccc(O)cc3C2c2ccc(CCN3CCCC3)cc2)cc1OC. The molecule has 2 heterocycles. The molecule has 0 bridgehead atoms. The molecule has 5 rings (SSSR count). The number of hydrogen-bond donors (Lipinski definition) is 1. The number of fused-ring (bicyclic) bond motifs is 1. The predicted octanol–water partition coefficient (Wildman–Crippen LogP) is 5.36. The van der Waals surface area contributed by atoms with Crippen LogP contribution in [0.1, 0.15) is 46.9 Å². The van der Waals surface area contributed by atoms with E-state index in [0.29, 0.717) is 18.1 Å². The lowest BCUT2D eigenvalue weighted by Crippen LogP contribution is -2.25. The lowest BCUT2D eigenvalue weighted by atomic mass is 9.75. The first-order valence-electron chi connectivity index (χ1n) is 12.1. The maximum atomic E-state index is 10.3. The second-order valence-corrected chi connectivity index (χ2v) is 9.27. The summed E-state index contributed by atoms with van der Waals surface area (Å²) >= 11 is 0. The van der Waals surface area contributed by atoms with Crippen molar-refractivity contribution < 1.29 is 19.3 Å². The zero-order valence-electron chi connectivity index (χ0n) is 20.0. The van der Waals surface area contributed by atoms with Gasteiger partial charge < -0.3 is 24.2 Å². The van der Waals surface area contributed by atoms with Crippen molar-refractivity contribution in [1.29, 1.82) is 0 Å². The fourth-order valence-electron chi connectivity index (χ4n) is 5.37. The minimum Gasteiger partial charge on any atom is -0.508 e.